The minimum atomic E-state index is -2.81. The first kappa shape index (κ1) is 24.7. The highest BCUT2D eigenvalue weighted by atomic mass is 127. The van der Waals surface area contributed by atoms with Crippen molar-refractivity contribution in [3.05, 3.63) is 24.3 Å². The van der Waals surface area contributed by atoms with Crippen molar-refractivity contribution in [1.82, 2.24) is 10.6 Å². The quantitative estimate of drug-likeness (QED) is 0.284. The van der Waals surface area contributed by atoms with Crippen LogP contribution in [0, 0.1) is 5.92 Å². The van der Waals surface area contributed by atoms with Gasteiger partial charge in [-0.05, 0) is 49.9 Å². The molecule has 0 aliphatic carbocycles. The molecular weight excluding hydrogens is 481 g/mol. The van der Waals surface area contributed by atoms with Gasteiger partial charge in [-0.25, -0.2) is 0 Å². The standard InChI is InChI=1S/C19H30F2N4O2.HI/c1-3-22-19(23-11-14(2)13-26)24-15-5-4-10-25(12-15)16-6-8-17(9-7-16)27-18(20)21;/h6-9,14-15,18,26H,3-5,10-13H2,1-2H3,(H2,22,23,24);1H. The van der Waals surface area contributed by atoms with Crippen LogP contribution < -0.4 is 20.3 Å². The van der Waals surface area contributed by atoms with E-state index >= 15 is 0 Å². The number of aliphatic hydroxyl groups excluding tert-OH is 1. The lowest BCUT2D eigenvalue weighted by atomic mass is 10.0. The Hall–Kier alpha value is -1.36. The van der Waals surface area contributed by atoms with Gasteiger partial charge >= 0.3 is 6.61 Å². The molecule has 2 unspecified atom stereocenters. The van der Waals surface area contributed by atoms with E-state index in [0.717, 1.165) is 44.1 Å². The van der Waals surface area contributed by atoms with Crippen LogP contribution in [0.2, 0.25) is 0 Å². The SMILES string of the molecule is CCNC(=NCC(C)CO)NC1CCCN(c2ccc(OC(F)F)cc2)C1.I. The fourth-order valence-electron chi connectivity index (χ4n) is 2.99. The van der Waals surface area contributed by atoms with E-state index in [9.17, 15) is 8.78 Å². The Balaban J connectivity index is 0.00000392. The predicted molar refractivity (Wildman–Crippen MR) is 119 cm³/mol. The molecule has 1 fully saturated rings. The number of ether oxygens (including phenoxy) is 1. The smallest absolute Gasteiger partial charge is 0.387 e. The van der Waals surface area contributed by atoms with E-state index in [1.54, 1.807) is 12.1 Å². The molecule has 0 saturated carbocycles. The van der Waals surface area contributed by atoms with Gasteiger partial charge in [0, 0.05) is 44.5 Å². The molecule has 2 rings (SSSR count). The second kappa shape index (κ2) is 13.0. The third-order valence-electron chi connectivity index (χ3n) is 4.41. The molecule has 1 aliphatic rings. The van der Waals surface area contributed by atoms with Gasteiger partial charge in [-0.15, -0.1) is 24.0 Å². The van der Waals surface area contributed by atoms with Crippen LogP contribution in [0.5, 0.6) is 5.75 Å². The summed E-state index contributed by atoms with van der Waals surface area (Å²) in [6.07, 6.45) is 2.06. The zero-order valence-electron chi connectivity index (χ0n) is 16.4. The second-order valence-corrected chi connectivity index (χ2v) is 6.81. The van der Waals surface area contributed by atoms with E-state index < -0.39 is 6.61 Å². The highest BCUT2D eigenvalue weighted by Crippen LogP contribution is 2.23. The molecule has 1 saturated heterocycles. The number of hydrogen-bond acceptors (Lipinski definition) is 4. The van der Waals surface area contributed by atoms with E-state index in [1.165, 1.54) is 0 Å². The zero-order valence-corrected chi connectivity index (χ0v) is 18.7. The Labute approximate surface area is 182 Å². The molecule has 0 amide bonds. The normalized spacial score (nSPS) is 18.4. The number of aliphatic imine (C=N–C) groups is 1. The number of halogens is 3. The number of piperidine rings is 1. The summed E-state index contributed by atoms with van der Waals surface area (Å²) in [4.78, 5) is 6.77. The van der Waals surface area contributed by atoms with Crippen molar-refractivity contribution in [3.63, 3.8) is 0 Å². The van der Waals surface area contributed by atoms with Crippen molar-refractivity contribution in [2.75, 3.05) is 37.7 Å². The molecule has 0 bridgehead atoms. The van der Waals surface area contributed by atoms with Crippen molar-refractivity contribution < 1.29 is 18.6 Å². The molecule has 3 N–H and O–H groups in total. The summed E-state index contributed by atoms with van der Waals surface area (Å²) in [7, 11) is 0. The van der Waals surface area contributed by atoms with E-state index in [-0.39, 0.29) is 48.3 Å². The van der Waals surface area contributed by atoms with Crippen molar-refractivity contribution in [2.24, 2.45) is 10.9 Å². The minimum absolute atomic E-state index is 0. The summed E-state index contributed by atoms with van der Waals surface area (Å²) >= 11 is 0. The molecule has 2 atom stereocenters. The van der Waals surface area contributed by atoms with Crippen LogP contribution in [-0.4, -0.2) is 56.5 Å². The summed E-state index contributed by atoms with van der Waals surface area (Å²) < 4.78 is 29.0. The Morgan fingerprint density at radius 1 is 1.36 bits per heavy atom. The average Bonchev–Trinajstić information content (AvgIpc) is 2.66. The van der Waals surface area contributed by atoms with Gasteiger partial charge in [0.05, 0.1) is 0 Å². The maximum Gasteiger partial charge on any atom is 0.387 e. The Bertz CT molecular complexity index is 590. The number of nitrogens with one attached hydrogen (secondary N) is 2. The molecule has 160 valence electrons. The lowest BCUT2D eigenvalue weighted by Gasteiger charge is -2.35. The maximum absolute atomic E-state index is 12.3. The van der Waals surface area contributed by atoms with Gasteiger partial charge in [-0.1, -0.05) is 6.92 Å². The van der Waals surface area contributed by atoms with Gasteiger partial charge in [-0.2, -0.15) is 8.78 Å². The summed E-state index contributed by atoms with van der Waals surface area (Å²) in [5.74, 6) is 1.04. The molecule has 28 heavy (non-hydrogen) atoms. The van der Waals surface area contributed by atoms with Crippen LogP contribution in [0.15, 0.2) is 29.3 Å². The number of guanidine groups is 1. The number of rotatable bonds is 8. The summed E-state index contributed by atoms with van der Waals surface area (Å²) in [5.41, 5.74) is 0.985. The van der Waals surface area contributed by atoms with Crippen LogP contribution in [0.1, 0.15) is 26.7 Å². The first-order valence-electron chi connectivity index (χ1n) is 9.47. The first-order valence-corrected chi connectivity index (χ1v) is 9.47. The van der Waals surface area contributed by atoms with E-state index in [2.05, 4.69) is 25.3 Å². The molecule has 0 radical (unpaired) electrons. The summed E-state index contributed by atoms with van der Waals surface area (Å²) in [5, 5.41) is 15.9. The van der Waals surface area contributed by atoms with Crippen LogP contribution in [0.3, 0.4) is 0 Å². The Kier molecular flexibility index (Phi) is 11.4. The molecule has 9 heteroatoms. The molecular formula is C19H31F2IN4O2. The monoisotopic (exact) mass is 512 g/mol. The summed E-state index contributed by atoms with van der Waals surface area (Å²) in [6, 6.07) is 6.99. The third kappa shape index (κ3) is 8.34. The van der Waals surface area contributed by atoms with Gasteiger partial charge < -0.3 is 25.4 Å². The topological polar surface area (TPSA) is 69.1 Å². The molecule has 1 aromatic carbocycles. The van der Waals surface area contributed by atoms with E-state index in [4.69, 9.17) is 5.11 Å². The average molecular weight is 512 g/mol. The van der Waals surface area contributed by atoms with Crippen LogP contribution in [0.25, 0.3) is 0 Å². The number of nitrogens with zero attached hydrogens (tertiary/aromatic N) is 2. The number of aliphatic hydroxyl groups is 1. The first-order chi connectivity index (χ1) is 13.0. The van der Waals surface area contributed by atoms with Crippen LogP contribution in [-0.2, 0) is 0 Å². The van der Waals surface area contributed by atoms with Gasteiger partial charge in [0.25, 0.3) is 0 Å². The Morgan fingerprint density at radius 3 is 2.68 bits per heavy atom. The Morgan fingerprint density at radius 2 is 2.07 bits per heavy atom. The largest absolute Gasteiger partial charge is 0.435 e. The van der Waals surface area contributed by atoms with Gasteiger partial charge in [-0.3, -0.25) is 4.99 Å². The highest BCUT2D eigenvalue weighted by molar-refractivity contribution is 14.0. The van der Waals surface area contributed by atoms with E-state index in [1.807, 2.05) is 26.0 Å². The fraction of sp³-hybridized carbons (Fsp3) is 0.632. The van der Waals surface area contributed by atoms with Gasteiger partial charge in [0.1, 0.15) is 5.75 Å². The molecule has 1 heterocycles. The fourth-order valence-corrected chi connectivity index (χ4v) is 2.99. The minimum Gasteiger partial charge on any atom is -0.435 e. The van der Waals surface area contributed by atoms with Crippen molar-refractivity contribution >= 4 is 35.6 Å². The second-order valence-electron chi connectivity index (χ2n) is 6.81. The third-order valence-corrected chi connectivity index (χ3v) is 4.41. The number of anilines is 1. The van der Waals surface area contributed by atoms with Crippen molar-refractivity contribution in [2.45, 2.75) is 39.3 Å². The molecule has 6 nitrogen and oxygen atoms in total. The molecule has 0 spiro atoms. The highest BCUT2D eigenvalue weighted by Gasteiger charge is 2.21. The maximum atomic E-state index is 12.3. The number of hydrogen-bond donors (Lipinski definition) is 3. The molecule has 1 aliphatic heterocycles. The van der Waals surface area contributed by atoms with Crippen molar-refractivity contribution in [1.29, 1.82) is 0 Å². The van der Waals surface area contributed by atoms with E-state index in [0.29, 0.717) is 6.54 Å². The van der Waals surface area contributed by atoms with Gasteiger partial charge in [0.15, 0.2) is 5.96 Å². The van der Waals surface area contributed by atoms with Crippen molar-refractivity contribution in [3.8, 4) is 5.75 Å². The lowest BCUT2D eigenvalue weighted by Crippen LogP contribution is -2.51. The molecule has 1 aromatic rings. The van der Waals surface area contributed by atoms with Crippen LogP contribution in [0.4, 0.5) is 14.5 Å². The zero-order chi connectivity index (χ0) is 19.6. The van der Waals surface area contributed by atoms with Gasteiger partial charge in [0.2, 0.25) is 0 Å². The molecule has 0 aromatic heterocycles. The summed E-state index contributed by atoms with van der Waals surface area (Å²) in [6.45, 7) is 4.33. The van der Waals surface area contributed by atoms with Crippen LogP contribution >= 0.6 is 24.0 Å². The predicted octanol–water partition coefficient (Wildman–Crippen LogP) is 3.06. The number of alkyl halides is 2. The number of benzene rings is 1. The lowest BCUT2D eigenvalue weighted by molar-refractivity contribution is -0.0498.